The zero-order chi connectivity index (χ0) is 52.3. The number of alkyl carbamates (subject to hydrolysis) is 2. The largest absolute Gasteiger partial charge is 0.444 e. The highest BCUT2D eigenvalue weighted by Crippen LogP contribution is 2.48. The summed E-state index contributed by atoms with van der Waals surface area (Å²) in [5.41, 5.74) is 7.53. The van der Waals surface area contributed by atoms with E-state index in [1.807, 2.05) is 97.1 Å². The van der Waals surface area contributed by atoms with Crippen LogP contribution in [0.15, 0.2) is 146 Å². The number of rotatable bonds is 21. The molecule has 8 N–H and O–H groups in total. The maximum Gasteiger partial charge on any atom is 0.412 e. The van der Waals surface area contributed by atoms with E-state index in [2.05, 4.69) is 31.9 Å². The van der Waals surface area contributed by atoms with Crippen LogP contribution in [0.5, 0.6) is 5.75 Å². The highest BCUT2D eigenvalue weighted by molar-refractivity contribution is 8.00. The van der Waals surface area contributed by atoms with E-state index in [9.17, 15) is 33.6 Å². The molecule has 17 nitrogen and oxygen atoms in total. The molecule has 0 aromatic heterocycles. The molecule has 0 unspecified atom stereocenters. The van der Waals surface area contributed by atoms with E-state index in [-0.39, 0.29) is 30.9 Å². The molecule has 0 saturated carbocycles. The molecular formula is C54H63N7O10S. The molecule has 18 heteroatoms. The van der Waals surface area contributed by atoms with Gasteiger partial charge in [0.2, 0.25) is 23.6 Å². The molecule has 5 aromatic carbocycles. The Morgan fingerprint density at radius 1 is 0.528 bits per heavy atom. The Morgan fingerprint density at radius 3 is 1.47 bits per heavy atom. The highest BCUT2D eigenvalue weighted by Gasteiger charge is 2.39. The number of para-hydroxylation sites is 1. The van der Waals surface area contributed by atoms with Crippen LogP contribution in [0.2, 0.25) is 0 Å². The third-order valence-electron chi connectivity index (χ3n) is 10.4. The Hall–Kier alpha value is -7.86. The molecule has 5 rings (SSSR count). The minimum Gasteiger partial charge on any atom is -0.444 e. The second kappa shape index (κ2) is 25.8. The molecule has 0 saturated heterocycles. The summed E-state index contributed by atoms with van der Waals surface area (Å²) in [6.07, 6.45) is -2.69. The fourth-order valence-electron chi connectivity index (χ4n) is 7.25. The number of nitrogens with two attached hydrogens (primary N) is 1. The van der Waals surface area contributed by atoms with Gasteiger partial charge in [0.1, 0.15) is 35.1 Å². The molecule has 380 valence electrons. The maximum absolute atomic E-state index is 14.3. The topological polar surface area (TPSA) is 245 Å². The van der Waals surface area contributed by atoms with Gasteiger partial charge in [-0.05, 0) is 94.5 Å². The summed E-state index contributed by atoms with van der Waals surface area (Å²) < 4.78 is 15.5. The molecular weight excluding hydrogens is 939 g/mol. The molecule has 3 atom stereocenters. The monoisotopic (exact) mass is 1000 g/mol. The molecule has 0 radical (unpaired) electrons. The van der Waals surface area contributed by atoms with Crippen molar-refractivity contribution in [1.29, 1.82) is 0 Å². The number of ether oxygens (including phenoxy) is 3. The number of hydrogen-bond donors (Lipinski definition) is 7. The number of nitrogens with one attached hydrogen (secondary N) is 6. The van der Waals surface area contributed by atoms with Crippen molar-refractivity contribution in [3.05, 3.63) is 168 Å². The summed E-state index contributed by atoms with van der Waals surface area (Å²) in [7, 11) is 0. The van der Waals surface area contributed by atoms with Crippen LogP contribution in [0, 0.1) is 0 Å². The Balaban J connectivity index is 1.30. The van der Waals surface area contributed by atoms with Crippen molar-refractivity contribution in [3.63, 3.8) is 0 Å². The zero-order valence-corrected chi connectivity index (χ0v) is 42.0. The van der Waals surface area contributed by atoms with Crippen molar-refractivity contribution in [2.75, 3.05) is 24.2 Å². The second-order valence-corrected chi connectivity index (χ2v) is 19.8. The SMILES string of the molecule is CC(C)(C)OC(=O)N[C@@H](Cc1ccc(OC(=O)NCC[C@H](NC(=O)OC(C)(C)C)C(=O)N[C@@H](CSC(c2ccccc2)(c2ccccc2)c2ccccc2)C(=O)NCC(N)=O)cc1)C(=O)Nc1ccccc1. The van der Waals surface area contributed by atoms with Gasteiger partial charge in [0.25, 0.3) is 0 Å². The zero-order valence-electron chi connectivity index (χ0n) is 41.2. The van der Waals surface area contributed by atoms with Gasteiger partial charge in [0.05, 0.1) is 11.3 Å². The van der Waals surface area contributed by atoms with Gasteiger partial charge in [-0.15, -0.1) is 11.8 Å². The van der Waals surface area contributed by atoms with E-state index in [0.717, 1.165) is 16.7 Å². The molecule has 5 aromatic rings. The Bertz CT molecular complexity index is 2500. The van der Waals surface area contributed by atoms with Crippen LogP contribution in [-0.2, 0) is 39.8 Å². The third kappa shape index (κ3) is 17.5. The number of carbonyl (C=O) groups is 7. The summed E-state index contributed by atoms with van der Waals surface area (Å²) in [5.74, 6) is -2.64. The van der Waals surface area contributed by atoms with Gasteiger partial charge in [-0.25, -0.2) is 14.4 Å². The molecule has 0 bridgehead atoms. The summed E-state index contributed by atoms with van der Waals surface area (Å²) in [6, 6.07) is 40.6. The van der Waals surface area contributed by atoms with E-state index in [4.69, 9.17) is 19.9 Å². The first-order valence-electron chi connectivity index (χ1n) is 23.3. The lowest BCUT2D eigenvalue weighted by molar-refractivity contribution is -0.130. The Morgan fingerprint density at radius 2 is 1.00 bits per heavy atom. The first-order valence-corrected chi connectivity index (χ1v) is 24.3. The van der Waals surface area contributed by atoms with Crippen LogP contribution in [0.3, 0.4) is 0 Å². The number of benzene rings is 5. The molecule has 0 aliphatic rings. The van der Waals surface area contributed by atoms with Gasteiger partial charge >= 0.3 is 18.3 Å². The summed E-state index contributed by atoms with van der Waals surface area (Å²) in [4.78, 5) is 92.3. The van der Waals surface area contributed by atoms with Crippen molar-refractivity contribution in [1.82, 2.24) is 26.6 Å². The molecule has 0 aliphatic carbocycles. The normalized spacial score (nSPS) is 12.6. The maximum atomic E-state index is 14.3. The number of carbonyl (C=O) groups excluding carboxylic acids is 7. The van der Waals surface area contributed by atoms with E-state index < -0.39 is 82.5 Å². The quantitative estimate of drug-likeness (QED) is 0.0371. The minimum absolute atomic E-state index is 0.0284. The van der Waals surface area contributed by atoms with Crippen LogP contribution >= 0.6 is 11.8 Å². The molecule has 0 fully saturated rings. The summed E-state index contributed by atoms with van der Waals surface area (Å²) in [6.45, 7) is 9.41. The average molecular weight is 1000 g/mol. The summed E-state index contributed by atoms with van der Waals surface area (Å²) in [5, 5.41) is 15.9. The van der Waals surface area contributed by atoms with E-state index >= 15 is 0 Å². The standard InChI is InChI=1S/C54H63N7O10S/c1-52(2,3)70-50(67)60-42(31-32-56-49(66)69-41-29-27-36(28-30-41)33-43(61-51(68)71-53(4,5)6)48(65)58-40-25-17-10-18-26-40)47(64)59-44(46(63)57-34-45(55)62)35-72-54(37-19-11-7-12-20-37,38-21-13-8-14-22-38)39-23-15-9-16-24-39/h7-30,42-44H,31-35H2,1-6H3,(H2,55,62)(H,56,66)(H,57,63)(H,58,65)(H,59,64)(H,60,67)(H,61,68)/t42-,43-,44-/m0/s1. The summed E-state index contributed by atoms with van der Waals surface area (Å²) >= 11 is 1.39. The van der Waals surface area contributed by atoms with E-state index in [1.54, 1.807) is 77.9 Å². The third-order valence-corrected chi connectivity index (χ3v) is 12.0. The average Bonchev–Trinajstić information content (AvgIpc) is 3.33. The molecule has 0 heterocycles. The smallest absolute Gasteiger partial charge is 0.412 e. The van der Waals surface area contributed by atoms with Crippen LogP contribution in [0.1, 0.15) is 70.2 Å². The van der Waals surface area contributed by atoms with Crippen LogP contribution in [0.25, 0.3) is 0 Å². The Kier molecular flexibility index (Phi) is 19.8. The van der Waals surface area contributed by atoms with Gasteiger partial charge in [-0.2, -0.15) is 0 Å². The molecule has 7 amide bonds. The van der Waals surface area contributed by atoms with Crippen LogP contribution < -0.4 is 42.4 Å². The van der Waals surface area contributed by atoms with Crippen molar-refractivity contribution in [2.24, 2.45) is 5.73 Å². The number of hydrogen-bond acceptors (Lipinski definition) is 11. The van der Waals surface area contributed by atoms with Crippen LogP contribution in [0.4, 0.5) is 20.1 Å². The number of primary amides is 1. The highest BCUT2D eigenvalue weighted by atomic mass is 32.2. The van der Waals surface area contributed by atoms with Gasteiger partial charge in [0.15, 0.2) is 0 Å². The predicted octanol–water partition coefficient (Wildman–Crippen LogP) is 6.94. The van der Waals surface area contributed by atoms with E-state index in [1.165, 1.54) is 23.9 Å². The molecule has 72 heavy (non-hydrogen) atoms. The predicted molar refractivity (Wildman–Crippen MR) is 276 cm³/mol. The van der Waals surface area contributed by atoms with Gasteiger partial charge in [0, 0.05) is 24.4 Å². The van der Waals surface area contributed by atoms with Gasteiger partial charge in [-0.3, -0.25) is 19.2 Å². The van der Waals surface area contributed by atoms with Crippen molar-refractivity contribution in [3.8, 4) is 5.75 Å². The molecule has 0 spiro atoms. The second-order valence-electron chi connectivity index (χ2n) is 18.5. The fourth-order valence-corrected chi connectivity index (χ4v) is 8.81. The number of anilines is 1. The van der Waals surface area contributed by atoms with Crippen molar-refractivity contribution >= 4 is 59.4 Å². The lowest BCUT2D eigenvalue weighted by atomic mass is 9.84. The first-order chi connectivity index (χ1) is 34.2. The van der Waals surface area contributed by atoms with E-state index in [0.29, 0.717) is 11.3 Å². The fraction of sp³-hybridized carbons (Fsp3) is 0.315. The van der Waals surface area contributed by atoms with Crippen molar-refractivity contribution < 1.29 is 47.8 Å². The lowest BCUT2D eigenvalue weighted by Crippen LogP contribution is -2.56. The first kappa shape index (κ1) is 55.1. The van der Waals surface area contributed by atoms with Gasteiger partial charge < -0.3 is 51.8 Å². The minimum atomic E-state index is -1.35. The van der Waals surface area contributed by atoms with Gasteiger partial charge in [-0.1, -0.05) is 121 Å². The number of thioether (sulfide) groups is 1. The van der Waals surface area contributed by atoms with Crippen LogP contribution in [-0.4, -0.2) is 90.1 Å². The molecule has 0 aliphatic heterocycles. The van der Waals surface area contributed by atoms with Crippen molar-refractivity contribution in [2.45, 2.75) is 88.5 Å². The lowest BCUT2D eigenvalue weighted by Gasteiger charge is -2.36. The Labute approximate surface area is 424 Å². The number of amides is 7.